The number of benzene rings is 1. The summed E-state index contributed by atoms with van der Waals surface area (Å²) in [5.41, 5.74) is -0.780. The molecule has 0 amide bonds. The second kappa shape index (κ2) is 4.66. The van der Waals surface area contributed by atoms with Crippen molar-refractivity contribution < 1.29 is 22.7 Å². The van der Waals surface area contributed by atoms with Crippen molar-refractivity contribution in [1.29, 1.82) is 5.26 Å². The van der Waals surface area contributed by atoms with Crippen molar-refractivity contribution in [2.45, 2.75) is 13.5 Å². The summed E-state index contributed by atoms with van der Waals surface area (Å²) in [4.78, 5) is 11.0. The number of ether oxygens (including phenoxy) is 1. The minimum atomic E-state index is -3.14. The number of carbonyl (C=O) groups is 1. The molecular weight excluding hydrogens is 223 g/mol. The van der Waals surface area contributed by atoms with Gasteiger partial charge in [0.15, 0.2) is 5.78 Å². The first-order chi connectivity index (χ1) is 7.45. The van der Waals surface area contributed by atoms with Crippen LogP contribution in [0.15, 0.2) is 12.1 Å². The summed E-state index contributed by atoms with van der Waals surface area (Å²) in [6.07, 6.45) is 0. The van der Waals surface area contributed by atoms with E-state index < -0.39 is 29.5 Å². The van der Waals surface area contributed by atoms with Crippen LogP contribution in [-0.2, 0) is 0 Å². The Balaban J connectivity index is 3.32. The van der Waals surface area contributed by atoms with Gasteiger partial charge in [-0.25, -0.2) is 4.39 Å². The lowest BCUT2D eigenvalue weighted by molar-refractivity contribution is -0.0501. The molecule has 0 aliphatic heterocycles. The molecule has 0 bridgehead atoms. The maximum Gasteiger partial charge on any atom is 0.387 e. The second-order valence-corrected chi connectivity index (χ2v) is 2.87. The molecule has 0 heterocycles. The van der Waals surface area contributed by atoms with E-state index in [1.165, 1.54) is 6.07 Å². The molecule has 0 fully saturated rings. The molecule has 0 saturated heterocycles. The van der Waals surface area contributed by atoms with Gasteiger partial charge in [-0.1, -0.05) is 0 Å². The Hall–Kier alpha value is -2.03. The minimum absolute atomic E-state index is 0.322. The number of nitrogens with zero attached hydrogens (tertiary/aromatic N) is 1. The number of rotatable bonds is 3. The third-order valence-corrected chi connectivity index (χ3v) is 1.79. The zero-order chi connectivity index (χ0) is 12.3. The molecule has 0 aliphatic carbocycles. The van der Waals surface area contributed by atoms with Crippen LogP contribution in [0.1, 0.15) is 22.8 Å². The second-order valence-electron chi connectivity index (χ2n) is 2.87. The summed E-state index contributed by atoms with van der Waals surface area (Å²) in [6, 6.07) is 2.95. The Morgan fingerprint density at radius 1 is 1.50 bits per heavy atom. The fourth-order valence-electron chi connectivity index (χ4n) is 1.11. The van der Waals surface area contributed by atoms with E-state index >= 15 is 0 Å². The zero-order valence-corrected chi connectivity index (χ0v) is 8.13. The number of carbonyl (C=O) groups excluding carboxylic acids is 1. The van der Waals surface area contributed by atoms with Crippen molar-refractivity contribution in [2.24, 2.45) is 0 Å². The molecule has 0 N–H and O–H groups in total. The Bertz CT molecular complexity index is 466. The van der Waals surface area contributed by atoms with Crippen molar-refractivity contribution in [3.05, 3.63) is 29.1 Å². The highest BCUT2D eigenvalue weighted by Gasteiger charge is 2.17. The monoisotopic (exact) mass is 229 g/mol. The van der Waals surface area contributed by atoms with Crippen LogP contribution in [-0.4, -0.2) is 12.4 Å². The number of ketones is 1. The Morgan fingerprint density at radius 3 is 2.56 bits per heavy atom. The first kappa shape index (κ1) is 12.0. The van der Waals surface area contributed by atoms with Crippen LogP contribution < -0.4 is 4.74 Å². The van der Waals surface area contributed by atoms with E-state index in [4.69, 9.17) is 5.26 Å². The van der Waals surface area contributed by atoms with Crippen LogP contribution in [0.4, 0.5) is 13.2 Å². The highest BCUT2D eigenvalue weighted by Crippen LogP contribution is 2.25. The quantitative estimate of drug-likeness (QED) is 0.748. The summed E-state index contributed by atoms with van der Waals surface area (Å²) in [5.74, 6) is -2.08. The number of halogens is 3. The molecule has 1 aromatic rings. The fraction of sp³-hybridized carbons (Fsp3) is 0.200. The SMILES string of the molecule is CC(=O)c1cc(F)c(C#N)cc1OC(F)F. The van der Waals surface area contributed by atoms with Crippen molar-refractivity contribution in [1.82, 2.24) is 0 Å². The van der Waals surface area contributed by atoms with Gasteiger partial charge in [0.1, 0.15) is 17.6 Å². The number of alkyl halides is 2. The van der Waals surface area contributed by atoms with Gasteiger partial charge in [0.25, 0.3) is 0 Å². The van der Waals surface area contributed by atoms with Gasteiger partial charge < -0.3 is 4.74 Å². The third kappa shape index (κ3) is 2.51. The van der Waals surface area contributed by atoms with Crippen LogP contribution in [0.25, 0.3) is 0 Å². The molecule has 84 valence electrons. The van der Waals surface area contributed by atoms with Crippen LogP contribution in [0.5, 0.6) is 5.75 Å². The smallest absolute Gasteiger partial charge is 0.387 e. The highest BCUT2D eigenvalue weighted by atomic mass is 19.3. The van der Waals surface area contributed by atoms with Crippen molar-refractivity contribution in [3.63, 3.8) is 0 Å². The lowest BCUT2D eigenvalue weighted by Gasteiger charge is -2.09. The van der Waals surface area contributed by atoms with E-state index in [0.717, 1.165) is 13.0 Å². The molecule has 0 radical (unpaired) electrons. The first-order valence-corrected chi connectivity index (χ1v) is 4.15. The van der Waals surface area contributed by atoms with Gasteiger partial charge in [-0.05, 0) is 13.0 Å². The Labute approximate surface area is 89.1 Å². The van der Waals surface area contributed by atoms with Gasteiger partial charge in [-0.2, -0.15) is 14.0 Å². The molecule has 0 spiro atoms. The lowest BCUT2D eigenvalue weighted by Crippen LogP contribution is -2.07. The third-order valence-electron chi connectivity index (χ3n) is 1.79. The van der Waals surface area contributed by atoms with Gasteiger partial charge in [-0.15, -0.1) is 0 Å². The Morgan fingerprint density at radius 2 is 2.12 bits per heavy atom. The van der Waals surface area contributed by atoms with Crippen LogP contribution in [0, 0.1) is 17.1 Å². The molecule has 0 aromatic heterocycles. The molecule has 16 heavy (non-hydrogen) atoms. The molecule has 0 unspecified atom stereocenters. The van der Waals surface area contributed by atoms with Gasteiger partial charge in [0.05, 0.1) is 11.1 Å². The molecule has 6 heteroatoms. The fourth-order valence-corrected chi connectivity index (χ4v) is 1.11. The van der Waals surface area contributed by atoms with E-state index in [1.807, 2.05) is 0 Å². The first-order valence-electron chi connectivity index (χ1n) is 4.15. The molecule has 0 aliphatic rings. The standard InChI is InChI=1S/C10H6F3NO2/c1-5(15)7-3-8(11)6(4-14)2-9(7)16-10(12)13/h2-3,10H,1H3. The molecule has 3 nitrogen and oxygen atoms in total. The van der Waals surface area contributed by atoms with Gasteiger partial charge in [-0.3, -0.25) is 4.79 Å². The maximum atomic E-state index is 13.1. The summed E-state index contributed by atoms with van der Waals surface area (Å²) >= 11 is 0. The van der Waals surface area contributed by atoms with Gasteiger partial charge >= 0.3 is 6.61 Å². The topological polar surface area (TPSA) is 50.1 Å². The number of Topliss-reactive ketones (excluding diaryl/α,β-unsaturated/α-hetero) is 1. The summed E-state index contributed by atoms with van der Waals surface area (Å²) < 4.78 is 41.1. The summed E-state index contributed by atoms with van der Waals surface area (Å²) in [6.45, 7) is -2.06. The molecule has 0 saturated carbocycles. The molecule has 1 rings (SSSR count). The highest BCUT2D eigenvalue weighted by molar-refractivity contribution is 5.97. The normalized spacial score (nSPS) is 10.0. The molecular formula is C10H6F3NO2. The predicted molar refractivity (Wildman–Crippen MR) is 47.8 cm³/mol. The van der Waals surface area contributed by atoms with Crippen LogP contribution in [0.2, 0.25) is 0 Å². The predicted octanol–water partition coefficient (Wildman–Crippen LogP) is 2.50. The average molecular weight is 229 g/mol. The van der Waals surface area contributed by atoms with Crippen LogP contribution >= 0.6 is 0 Å². The van der Waals surface area contributed by atoms with E-state index in [-0.39, 0.29) is 5.56 Å². The van der Waals surface area contributed by atoms with Crippen molar-refractivity contribution in [3.8, 4) is 11.8 Å². The maximum absolute atomic E-state index is 13.1. The minimum Gasteiger partial charge on any atom is -0.434 e. The lowest BCUT2D eigenvalue weighted by atomic mass is 10.1. The molecule has 0 atom stereocenters. The zero-order valence-electron chi connectivity index (χ0n) is 8.13. The summed E-state index contributed by atoms with van der Waals surface area (Å²) in [7, 11) is 0. The number of hydrogen-bond acceptors (Lipinski definition) is 3. The summed E-state index contributed by atoms with van der Waals surface area (Å²) in [5, 5.41) is 8.49. The Kier molecular flexibility index (Phi) is 3.51. The van der Waals surface area contributed by atoms with Crippen molar-refractivity contribution in [2.75, 3.05) is 0 Å². The van der Waals surface area contributed by atoms with E-state index in [1.54, 1.807) is 0 Å². The van der Waals surface area contributed by atoms with Gasteiger partial charge in [0, 0.05) is 6.07 Å². The number of nitriles is 1. The van der Waals surface area contributed by atoms with Crippen LogP contribution in [0.3, 0.4) is 0 Å². The van der Waals surface area contributed by atoms with E-state index in [2.05, 4.69) is 4.74 Å². The van der Waals surface area contributed by atoms with E-state index in [0.29, 0.717) is 6.07 Å². The number of hydrogen-bond donors (Lipinski definition) is 0. The van der Waals surface area contributed by atoms with E-state index in [9.17, 15) is 18.0 Å². The van der Waals surface area contributed by atoms with Gasteiger partial charge in [0.2, 0.25) is 0 Å². The largest absolute Gasteiger partial charge is 0.434 e. The molecule has 1 aromatic carbocycles. The average Bonchev–Trinajstić information content (AvgIpc) is 2.19. The van der Waals surface area contributed by atoms with Crippen molar-refractivity contribution >= 4 is 5.78 Å².